The van der Waals surface area contributed by atoms with E-state index >= 15 is 0 Å². The van der Waals surface area contributed by atoms with Crippen LogP contribution in [0, 0.1) is 0 Å². The number of amides is 2. The van der Waals surface area contributed by atoms with Crippen LogP contribution >= 0.6 is 15.9 Å². The van der Waals surface area contributed by atoms with Gasteiger partial charge in [-0.15, -0.1) is 0 Å². The maximum atomic E-state index is 12.3. The maximum Gasteiger partial charge on any atom is 0.319 e. The fourth-order valence-corrected chi connectivity index (χ4v) is 2.89. The van der Waals surface area contributed by atoms with E-state index in [0.29, 0.717) is 29.6 Å². The quantitative estimate of drug-likeness (QED) is 0.587. The summed E-state index contributed by atoms with van der Waals surface area (Å²) in [6.45, 7) is 1.94. The first-order valence-electron chi connectivity index (χ1n) is 8.40. The number of rotatable bonds is 6. The number of methoxy groups -OCH3 is 1. The molecule has 2 aromatic carbocycles. The van der Waals surface area contributed by atoms with Crippen molar-refractivity contribution >= 4 is 27.6 Å². The minimum atomic E-state index is -0.375. The number of carbonyl (C=O) groups is 1. The number of benzene rings is 2. The zero-order chi connectivity index (χ0) is 19.2. The van der Waals surface area contributed by atoms with Gasteiger partial charge in [-0.1, -0.05) is 40.1 Å². The lowest BCUT2D eigenvalue weighted by Gasteiger charge is -2.14. The first kappa shape index (κ1) is 18.9. The minimum absolute atomic E-state index is 0.357. The smallest absolute Gasteiger partial charge is 0.319 e. The number of anilines is 1. The van der Waals surface area contributed by atoms with Crippen molar-refractivity contribution in [3.8, 4) is 17.2 Å². The van der Waals surface area contributed by atoms with Crippen molar-refractivity contribution in [3.05, 3.63) is 58.8 Å². The molecule has 0 bridgehead atoms. The molecule has 0 aliphatic carbocycles. The highest BCUT2D eigenvalue weighted by Gasteiger charge is 2.20. The van der Waals surface area contributed by atoms with Crippen LogP contribution in [0.15, 0.2) is 57.5 Å². The lowest BCUT2D eigenvalue weighted by atomic mass is 10.2. The fourth-order valence-electron chi connectivity index (χ4n) is 2.49. The molecule has 27 heavy (non-hydrogen) atoms. The molecule has 2 amide bonds. The summed E-state index contributed by atoms with van der Waals surface area (Å²) in [5.41, 5.74) is 1.43. The highest BCUT2D eigenvalue weighted by atomic mass is 79.9. The molecule has 8 heteroatoms. The Balaban J connectivity index is 1.69. The van der Waals surface area contributed by atoms with Crippen LogP contribution in [0.3, 0.4) is 0 Å². The Morgan fingerprint density at radius 2 is 2.07 bits per heavy atom. The highest BCUT2D eigenvalue weighted by molar-refractivity contribution is 9.10. The molecule has 0 aliphatic rings. The van der Waals surface area contributed by atoms with Crippen LogP contribution < -0.4 is 15.4 Å². The second kappa shape index (κ2) is 8.68. The van der Waals surface area contributed by atoms with Gasteiger partial charge in [0.25, 0.3) is 5.89 Å². The molecular weight excluding hydrogens is 412 g/mol. The monoisotopic (exact) mass is 430 g/mol. The number of nitrogens with zero attached hydrogens (tertiary/aromatic N) is 2. The molecular formula is C19H19BrN4O3. The molecule has 3 rings (SSSR count). The van der Waals surface area contributed by atoms with Crippen molar-refractivity contribution in [3.63, 3.8) is 0 Å². The van der Waals surface area contributed by atoms with Gasteiger partial charge in [0.1, 0.15) is 5.75 Å². The molecule has 0 fully saturated rings. The van der Waals surface area contributed by atoms with E-state index < -0.39 is 0 Å². The number of carbonyl (C=O) groups excluding carboxylic acids is 1. The maximum absolute atomic E-state index is 12.3. The Bertz CT molecular complexity index is 929. The Morgan fingerprint density at radius 1 is 1.26 bits per heavy atom. The fraction of sp³-hybridized carbons (Fsp3) is 0.211. The van der Waals surface area contributed by atoms with Crippen LogP contribution in [0.4, 0.5) is 10.5 Å². The molecule has 0 aliphatic heterocycles. The molecule has 2 N–H and O–H groups in total. The molecule has 0 unspecified atom stereocenters. The second-order valence-electron chi connectivity index (χ2n) is 5.76. The van der Waals surface area contributed by atoms with E-state index in [4.69, 9.17) is 9.26 Å². The Hall–Kier alpha value is -2.87. The van der Waals surface area contributed by atoms with Crippen molar-refractivity contribution in [1.82, 2.24) is 15.5 Å². The summed E-state index contributed by atoms with van der Waals surface area (Å²) in [5.74, 6) is 1.49. The van der Waals surface area contributed by atoms with Crippen molar-refractivity contribution in [2.45, 2.75) is 19.4 Å². The third-order valence-electron chi connectivity index (χ3n) is 3.87. The van der Waals surface area contributed by atoms with Gasteiger partial charge in [-0.05, 0) is 36.8 Å². The van der Waals surface area contributed by atoms with Crippen molar-refractivity contribution in [2.75, 3.05) is 12.4 Å². The number of halogens is 1. The predicted molar refractivity (Wildman–Crippen MR) is 106 cm³/mol. The molecule has 0 radical (unpaired) electrons. The molecule has 3 aromatic rings. The molecule has 0 saturated heterocycles. The van der Waals surface area contributed by atoms with Gasteiger partial charge in [-0.2, -0.15) is 4.98 Å². The molecule has 7 nitrogen and oxygen atoms in total. The van der Waals surface area contributed by atoms with Gasteiger partial charge in [0.15, 0.2) is 5.82 Å². The van der Waals surface area contributed by atoms with Crippen LogP contribution in [0.5, 0.6) is 5.75 Å². The average molecular weight is 431 g/mol. The summed E-state index contributed by atoms with van der Waals surface area (Å²) in [7, 11) is 1.57. The standard InChI is InChI=1S/C19H19BrN4O3/c1-3-16(22-19(25)21-14-8-5-9-15(11-14)26-2)17-23-18(27-24-17)12-6-4-7-13(20)10-12/h4-11,16H,3H2,1-2H3,(H2,21,22,25)/t16-/m1/s1. The lowest BCUT2D eigenvalue weighted by Crippen LogP contribution is -2.32. The van der Waals surface area contributed by atoms with E-state index in [2.05, 4.69) is 36.7 Å². The van der Waals surface area contributed by atoms with Gasteiger partial charge in [0.2, 0.25) is 0 Å². The van der Waals surface area contributed by atoms with E-state index in [0.717, 1.165) is 10.0 Å². The summed E-state index contributed by atoms with van der Waals surface area (Å²) >= 11 is 3.42. The van der Waals surface area contributed by atoms with Gasteiger partial charge in [0, 0.05) is 21.8 Å². The zero-order valence-electron chi connectivity index (χ0n) is 14.9. The van der Waals surface area contributed by atoms with Crippen LogP contribution in [0.2, 0.25) is 0 Å². The Morgan fingerprint density at radius 3 is 2.81 bits per heavy atom. The van der Waals surface area contributed by atoms with E-state index in [1.165, 1.54) is 0 Å². The summed E-state index contributed by atoms with van der Waals surface area (Å²) in [5, 5.41) is 9.65. The SMILES string of the molecule is CC[C@@H](NC(=O)Nc1cccc(OC)c1)c1noc(-c2cccc(Br)c2)n1. The molecule has 1 aromatic heterocycles. The molecule has 1 heterocycles. The van der Waals surface area contributed by atoms with E-state index in [-0.39, 0.29) is 12.1 Å². The number of nitrogens with one attached hydrogen (secondary N) is 2. The van der Waals surface area contributed by atoms with E-state index in [1.54, 1.807) is 31.4 Å². The number of ether oxygens (including phenoxy) is 1. The first-order chi connectivity index (χ1) is 13.1. The lowest BCUT2D eigenvalue weighted by molar-refractivity contribution is 0.247. The topological polar surface area (TPSA) is 89.3 Å². The van der Waals surface area contributed by atoms with Gasteiger partial charge >= 0.3 is 6.03 Å². The summed E-state index contributed by atoms with van der Waals surface area (Å²) in [6, 6.07) is 14.0. The number of urea groups is 1. The van der Waals surface area contributed by atoms with E-state index in [1.807, 2.05) is 31.2 Å². The molecule has 0 saturated carbocycles. The third-order valence-corrected chi connectivity index (χ3v) is 4.36. The largest absolute Gasteiger partial charge is 0.497 e. The van der Waals surface area contributed by atoms with Crippen LogP contribution in [-0.2, 0) is 0 Å². The Labute approximate surface area is 165 Å². The second-order valence-corrected chi connectivity index (χ2v) is 6.68. The van der Waals surface area contributed by atoms with Gasteiger partial charge < -0.3 is 19.9 Å². The van der Waals surface area contributed by atoms with E-state index in [9.17, 15) is 4.79 Å². The highest BCUT2D eigenvalue weighted by Crippen LogP contribution is 2.24. The minimum Gasteiger partial charge on any atom is -0.497 e. The third kappa shape index (κ3) is 4.85. The van der Waals surface area contributed by atoms with Crippen LogP contribution in [-0.4, -0.2) is 23.3 Å². The first-order valence-corrected chi connectivity index (χ1v) is 9.19. The van der Waals surface area contributed by atoms with Crippen molar-refractivity contribution in [2.24, 2.45) is 0 Å². The summed E-state index contributed by atoms with van der Waals surface area (Å²) < 4.78 is 11.4. The van der Waals surface area contributed by atoms with Crippen molar-refractivity contribution in [1.29, 1.82) is 0 Å². The van der Waals surface area contributed by atoms with Crippen LogP contribution in [0.1, 0.15) is 25.2 Å². The molecule has 0 spiro atoms. The Kier molecular flexibility index (Phi) is 6.08. The predicted octanol–water partition coefficient (Wildman–Crippen LogP) is 4.78. The molecule has 140 valence electrons. The number of hydrogen-bond acceptors (Lipinski definition) is 5. The van der Waals surface area contributed by atoms with Gasteiger partial charge in [0.05, 0.1) is 13.2 Å². The van der Waals surface area contributed by atoms with Gasteiger partial charge in [-0.25, -0.2) is 4.79 Å². The van der Waals surface area contributed by atoms with Crippen LogP contribution in [0.25, 0.3) is 11.5 Å². The average Bonchev–Trinajstić information content (AvgIpc) is 3.16. The van der Waals surface area contributed by atoms with Crippen molar-refractivity contribution < 1.29 is 14.1 Å². The van der Waals surface area contributed by atoms with Gasteiger partial charge in [-0.3, -0.25) is 0 Å². The number of aromatic nitrogens is 2. The summed E-state index contributed by atoms with van der Waals surface area (Å²) in [6.07, 6.45) is 0.614. The number of hydrogen-bond donors (Lipinski definition) is 2. The molecule has 1 atom stereocenters. The zero-order valence-corrected chi connectivity index (χ0v) is 16.5. The normalized spacial score (nSPS) is 11.7. The summed E-state index contributed by atoms with van der Waals surface area (Å²) in [4.78, 5) is 16.7.